The van der Waals surface area contributed by atoms with Crippen LogP contribution in [0.25, 0.3) is 16.3 Å². The van der Waals surface area contributed by atoms with Crippen LogP contribution in [0.15, 0.2) is 47.9 Å². The minimum atomic E-state index is -0.0935. The lowest BCUT2D eigenvalue weighted by molar-refractivity contribution is -0.116. The summed E-state index contributed by atoms with van der Waals surface area (Å²) in [5.74, 6) is -0.0935. The molecule has 4 rings (SSSR count). The Bertz CT molecular complexity index is 881. The minimum absolute atomic E-state index is 0.0935. The maximum atomic E-state index is 12.3. The monoisotopic (exact) mass is 399 g/mol. The Kier molecular flexibility index (Phi) is 5.94. The van der Waals surface area contributed by atoms with Crippen LogP contribution in [0.1, 0.15) is 15.9 Å². The van der Waals surface area contributed by atoms with Gasteiger partial charge in [-0.25, -0.2) is 4.98 Å². The van der Waals surface area contributed by atoms with Crippen LogP contribution in [0.2, 0.25) is 0 Å². The zero-order valence-electron chi connectivity index (χ0n) is 14.8. The molecule has 0 bridgehead atoms. The molecule has 1 atom stereocenters. The van der Waals surface area contributed by atoms with E-state index in [1.807, 2.05) is 24.3 Å². The Balaban J connectivity index is 1.38. The fourth-order valence-corrected chi connectivity index (χ4v) is 4.88. The van der Waals surface area contributed by atoms with Gasteiger partial charge < -0.3 is 10.1 Å². The van der Waals surface area contributed by atoms with Gasteiger partial charge in [0.25, 0.3) is 0 Å². The van der Waals surface area contributed by atoms with Crippen molar-refractivity contribution in [1.29, 1.82) is 0 Å². The van der Waals surface area contributed by atoms with Gasteiger partial charge in [-0.3, -0.25) is 9.69 Å². The van der Waals surface area contributed by atoms with E-state index in [1.54, 1.807) is 34.8 Å². The number of thiophene rings is 1. The molecule has 0 spiro atoms. The minimum Gasteiger partial charge on any atom is -0.379 e. The number of benzene rings is 1. The topological polar surface area (TPSA) is 54.5 Å². The molecule has 0 radical (unpaired) electrons. The van der Waals surface area contributed by atoms with Crippen LogP contribution in [0.4, 0.5) is 0 Å². The SMILES string of the molecule is O=C(/C=C/c1nc2ccccc2s1)NCC(c1cccs1)N1CCOCC1. The number of ether oxygens (including phenoxy) is 1. The molecule has 27 heavy (non-hydrogen) atoms. The number of carbonyl (C=O) groups is 1. The summed E-state index contributed by atoms with van der Waals surface area (Å²) in [6, 6.07) is 12.4. The molecular weight excluding hydrogens is 378 g/mol. The summed E-state index contributed by atoms with van der Waals surface area (Å²) in [5, 5.41) is 5.97. The number of nitrogens with one attached hydrogen (secondary N) is 1. The molecule has 1 aliphatic rings. The second-order valence-corrected chi connectivity index (χ2v) is 8.32. The van der Waals surface area contributed by atoms with Crippen molar-refractivity contribution in [2.75, 3.05) is 32.8 Å². The van der Waals surface area contributed by atoms with Crippen molar-refractivity contribution in [3.05, 3.63) is 57.7 Å². The van der Waals surface area contributed by atoms with E-state index in [9.17, 15) is 4.79 Å². The van der Waals surface area contributed by atoms with E-state index in [2.05, 4.69) is 32.7 Å². The number of aromatic nitrogens is 1. The van der Waals surface area contributed by atoms with Crippen molar-refractivity contribution in [2.24, 2.45) is 0 Å². The Morgan fingerprint density at radius 2 is 2.11 bits per heavy atom. The average molecular weight is 400 g/mol. The highest BCUT2D eigenvalue weighted by atomic mass is 32.1. The van der Waals surface area contributed by atoms with Crippen LogP contribution < -0.4 is 5.32 Å². The van der Waals surface area contributed by atoms with Crippen LogP contribution in [-0.4, -0.2) is 48.6 Å². The maximum Gasteiger partial charge on any atom is 0.244 e. The first-order valence-corrected chi connectivity index (χ1v) is 10.7. The molecule has 7 heteroatoms. The van der Waals surface area contributed by atoms with E-state index in [-0.39, 0.29) is 11.9 Å². The maximum absolute atomic E-state index is 12.3. The molecular formula is C20H21N3O2S2. The number of hydrogen-bond donors (Lipinski definition) is 1. The number of nitrogens with zero attached hydrogens (tertiary/aromatic N) is 2. The summed E-state index contributed by atoms with van der Waals surface area (Å²) in [6.07, 6.45) is 3.36. The lowest BCUT2D eigenvalue weighted by atomic mass is 10.2. The van der Waals surface area contributed by atoms with Crippen molar-refractivity contribution < 1.29 is 9.53 Å². The summed E-state index contributed by atoms with van der Waals surface area (Å²) in [6.45, 7) is 3.85. The number of fused-ring (bicyclic) bond motifs is 1. The number of thiazole rings is 1. The van der Waals surface area contributed by atoms with Gasteiger partial charge in [0.15, 0.2) is 0 Å². The summed E-state index contributed by atoms with van der Waals surface area (Å²) in [4.78, 5) is 20.5. The number of para-hydroxylation sites is 1. The van der Waals surface area contributed by atoms with Gasteiger partial charge in [-0.2, -0.15) is 0 Å². The smallest absolute Gasteiger partial charge is 0.244 e. The third kappa shape index (κ3) is 4.62. The number of amides is 1. The Labute approximate surface area is 166 Å². The van der Waals surface area contributed by atoms with Crippen LogP contribution in [-0.2, 0) is 9.53 Å². The molecule has 1 fully saturated rings. The molecule has 1 amide bonds. The number of morpholine rings is 1. The van der Waals surface area contributed by atoms with Crippen LogP contribution in [0.3, 0.4) is 0 Å². The standard InChI is InChI=1S/C20H21N3O2S2/c24-19(7-8-20-22-15-4-1-2-5-17(15)27-20)21-14-16(18-6-3-13-26-18)23-9-11-25-12-10-23/h1-8,13,16H,9-12,14H2,(H,21,24)/b8-7+. The van der Waals surface area contributed by atoms with Crippen molar-refractivity contribution in [3.8, 4) is 0 Å². The highest BCUT2D eigenvalue weighted by molar-refractivity contribution is 7.19. The zero-order valence-corrected chi connectivity index (χ0v) is 16.5. The molecule has 0 saturated carbocycles. The molecule has 1 aliphatic heterocycles. The molecule has 1 unspecified atom stereocenters. The Morgan fingerprint density at radius 1 is 1.26 bits per heavy atom. The van der Waals surface area contributed by atoms with E-state index in [1.165, 1.54) is 4.88 Å². The van der Waals surface area contributed by atoms with Gasteiger partial charge >= 0.3 is 0 Å². The van der Waals surface area contributed by atoms with Gasteiger partial charge in [0.1, 0.15) is 5.01 Å². The van der Waals surface area contributed by atoms with E-state index in [0.717, 1.165) is 41.5 Å². The van der Waals surface area contributed by atoms with E-state index < -0.39 is 0 Å². The van der Waals surface area contributed by atoms with Gasteiger partial charge in [0.2, 0.25) is 5.91 Å². The molecule has 5 nitrogen and oxygen atoms in total. The van der Waals surface area contributed by atoms with E-state index in [0.29, 0.717) is 6.54 Å². The largest absolute Gasteiger partial charge is 0.379 e. The Hall–Kier alpha value is -2.06. The first kappa shape index (κ1) is 18.3. The third-order valence-electron chi connectivity index (χ3n) is 4.52. The second kappa shape index (κ2) is 8.75. The lowest BCUT2D eigenvalue weighted by Crippen LogP contribution is -2.43. The predicted molar refractivity (Wildman–Crippen MR) is 111 cm³/mol. The fourth-order valence-electron chi connectivity index (χ4n) is 3.14. The van der Waals surface area contributed by atoms with E-state index in [4.69, 9.17) is 4.74 Å². The average Bonchev–Trinajstić information content (AvgIpc) is 3.37. The van der Waals surface area contributed by atoms with E-state index >= 15 is 0 Å². The molecule has 3 heterocycles. The third-order valence-corrected chi connectivity index (χ3v) is 6.49. The zero-order chi connectivity index (χ0) is 18.5. The van der Waals surface area contributed by atoms with Crippen molar-refractivity contribution in [1.82, 2.24) is 15.2 Å². The molecule has 1 N–H and O–H groups in total. The Morgan fingerprint density at radius 3 is 2.89 bits per heavy atom. The van der Waals surface area contributed by atoms with Gasteiger partial charge in [-0.1, -0.05) is 18.2 Å². The van der Waals surface area contributed by atoms with Gasteiger partial charge in [-0.05, 0) is 29.7 Å². The quantitative estimate of drug-likeness (QED) is 0.644. The van der Waals surface area contributed by atoms with Crippen LogP contribution in [0, 0.1) is 0 Å². The van der Waals surface area contributed by atoms with Crippen LogP contribution in [0.5, 0.6) is 0 Å². The van der Waals surface area contributed by atoms with Crippen LogP contribution >= 0.6 is 22.7 Å². The molecule has 0 aliphatic carbocycles. The summed E-state index contributed by atoms with van der Waals surface area (Å²) in [7, 11) is 0. The first-order chi connectivity index (χ1) is 13.3. The van der Waals surface area contributed by atoms with Gasteiger partial charge in [0, 0.05) is 30.6 Å². The lowest BCUT2D eigenvalue weighted by Gasteiger charge is -2.34. The van der Waals surface area contributed by atoms with Crippen molar-refractivity contribution in [2.45, 2.75) is 6.04 Å². The van der Waals surface area contributed by atoms with Gasteiger partial charge in [-0.15, -0.1) is 22.7 Å². The van der Waals surface area contributed by atoms with Crippen molar-refractivity contribution >= 4 is 44.9 Å². The fraction of sp³-hybridized carbons (Fsp3) is 0.300. The molecule has 3 aromatic rings. The number of rotatable bonds is 6. The van der Waals surface area contributed by atoms with Crippen molar-refractivity contribution in [3.63, 3.8) is 0 Å². The summed E-state index contributed by atoms with van der Waals surface area (Å²) < 4.78 is 6.59. The normalized spacial score (nSPS) is 16.7. The highest BCUT2D eigenvalue weighted by Crippen LogP contribution is 2.25. The molecule has 2 aromatic heterocycles. The molecule has 1 aromatic carbocycles. The predicted octanol–water partition coefficient (Wildman–Crippen LogP) is 3.56. The number of hydrogen-bond acceptors (Lipinski definition) is 6. The number of carbonyl (C=O) groups excluding carboxylic acids is 1. The summed E-state index contributed by atoms with van der Waals surface area (Å²) in [5.41, 5.74) is 0.965. The molecule has 140 valence electrons. The first-order valence-electron chi connectivity index (χ1n) is 8.96. The second-order valence-electron chi connectivity index (χ2n) is 6.28. The highest BCUT2D eigenvalue weighted by Gasteiger charge is 2.23. The van der Waals surface area contributed by atoms with Gasteiger partial charge in [0.05, 0.1) is 29.5 Å². The molecule has 1 saturated heterocycles. The summed E-state index contributed by atoms with van der Waals surface area (Å²) >= 11 is 3.31.